The van der Waals surface area contributed by atoms with Crippen LogP contribution in [0.3, 0.4) is 0 Å². The number of rotatable bonds is 7. The SMILES string of the molecule is CC(=O)NS(=O)(=O)c1ccc(NC(=O)CCN2C(=O)C(=Cc3ccccc3)SC2=S)cc1. The fraction of sp³-hybridized carbons (Fsp3) is 0.143. The lowest BCUT2D eigenvalue weighted by atomic mass is 10.2. The first kappa shape index (κ1) is 23.6. The van der Waals surface area contributed by atoms with Crippen LogP contribution in [0.4, 0.5) is 5.69 Å². The minimum Gasteiger partial charge on any atom is -0.326 e. The van der Waals surface area contributed by atoms with Gasteiger partial charge in [-0.15, -0.1) is 0 Å². The molecular weight excluding hydrogens is 470 g/mol. The summed E-state index contributed by atoms with van der Waals surface area (Å²) in [5, 5.41) is 2.64. The average molecular weight is 490 g/mol. The molecule has 0 unspecified atom stereocenters. The molecule has 1 aliphatic heterocycles. The summed E-state index contributed by atoms with van der Waals surface area (Å²) in [6, 6.07) is 14.8. The van der Waals surface area contributed by atoms with Gasteiger partial charge in [0.1, 0.15) is 4.32 Å². The van der Waals surface area contributed by atoms with E-state index in [0.29, 0.717) is 14.9 Å². The zero-order valence-corrected chi connectivity index (χ0v) is 19.4. The van der Waals surface area contributed by atoms with Gasteiger partial charge >= 0.3 is 0 Å². The third-order valence-corrected chi connectivity index (χ3v) is 7.09. The highest BCUT2D eigenvalue weighted by Gasteiger charge is 2.32. The van der Waals surface area contributed by atoms with Gasteiger partial charge < -0.3 is 5.32 Å². The molecule has 32 heavy (non-hydrogen) atoms. The molecule has 1 saturated heterocycles. The molecule has 2 N–H and O–H groups in total. The van der Waals surface area contributed by atoms with Crippen LogP contribution in [-0.2, 0) is 24.4 Å². The van der Waals surface area contributed by atoms with Crippen LogP contribution in [0.5, 0.6) is 0 Å². The fourth-order valence-electron chi connectivity index (χ4n) is 2.80. The largest absolute Gasteiger partial charge is 0.326 e. The number of benzene rings is 2. The summed E-state index contributed by atoms with van der Waals surface area (Å²) >= 11 is 6.47. The van der Waals surface area contributed by atoms with Crippen molar-refractivity contribution >= 4 is 67.8 Å². The van der Waals surface area contributed by atoms with E-state index in [0.717, 1.165) is 12.5 Å². The fourth-order valence-corrected chi connectivity index (χ4v) is 5.10. The molecule has 0 radical (unpaired) electrons. The Hall–Kier alpha value is -3.02. The zero-order valence-electron chi connectivity index (χ0n) is 16.9. The van der Waals surface area contributed by atoms with Crippen molar-refractivity contribution < 1.29 is 22.8 Å². The predicted molar refractivity (Wildman–Crippen MR) is 127 cm³/mol. The molecule has 11 heteroatoms. The first-order valence-electron chi connectivity index (χ1n) is 9.39. The second-order valence-corrected chi connectivity index (χ2v) is 10.1. The first-order valence-corrected chi connectivity index (χ1v) is 12.1. The van der Waals surface area contributed by atoms with Crippen molar-refractivity contribution in [3.8, 4) is 0 Å². The number of amides is 3. The molecule has 0 aromatic heterocycles. The highest BCUT2D eigenvalue weighted by molar-refractivity contribution is 8.26. The van der Waals surface area contributed by atoms with Crippen LogP contribution in [0.1, 0.15) is 18.9 Å². The second-order valence-electron chi connectivity index (χ2n) is 6.73. The van der Waals surface area contributed by atoms with E-state index in [4.69, 9.17) is 12.2 Å². The topological polar surface area (TPSA) is 113 Å². The average Bonchev–Trinajstić information content (AvgIpc) is 2.99. The molecule has 1 heterocycles. The molecule has 0 aliphatic carbocycles. The van der Waals surface area contributed by atoms with Gasteiger partial charge in [-0.05, 0) is 35.9 Å². The number of nitrogens with one attached hydrogen (secondary N) is 2. The summed E-state index contributed by atoms with van der Waals surface area (Å²) in [5.74, 6) is -1.30. The monoisotopic (exact) mass is 489 g/mol. The summed E-state index contributed by atoms with van der Waals surface area (Å²) in [4.78, 5) is 37.7. The third kappa shape index (κ3) is 6.02. The molecule has 8 nitrogen and oxygen atoms in total. The third-order valence-electron chi connectivity index (χ3n) is 4.26. The van der Waals surface area contributed by atoms with E-state index in [1.807, 2.05) is 35.1 Å². The van der Waals surface area contributed by atoms with Crippen LogP contribution in [0.2, 0.25) is 0 Å². The van der Waals surface area contributed by atoms with Crippen LogP contribution in [-0.4, -0.2) is 41.9 Å². The van der Waals surface area contributed by atoms with Crippen LogP contribution in [0, 0.1) is 0 Å². The van der Waals surface area contributed by atoms with Crippen molar-refractivity contribution in [2.45, 2.75) is 18.2 Å². The Balaban J connectivity index is 1.57. The van der Waals surface area contributed by atoms with E-state index in [-0.39, 0.29) is 29.7 Å². The Morgan fingerprint density at radius 3 is 2.38 bits per heavy atom. The quantitative estimate of drug-likeness (QED) is 0.454. The van der Waals surface area contributed by atoms with Gasteiger partial charge in [0.15, 0.2) is 0 Å². The lowest BCUT2D eigenvalue weighted by Crippen LogP contribution is -2.31. The number of hydrogen-bond acceptors (Lipinski definition) is 7. The lowest BCUT2D eigenvalue weighted by molar-refractivity contribution is -0.123. The van der Waals surface area contributed by atoms with E-state index in [1.54, 1.807) is 6.08 Å². The van der Waals surface area contributed by atoms with Gasteiger partial charge in [-0.3, -0.25) is 19.3 Å². The molecule has 1 aliphatic rings. The van der Waals surface area contributed by atoms with Crippen LogP contribution >= 0.6 is 24.0 Å². The number of anilines is 1. The summed E-state index contributed by atoms with van der Waals surface area (Å²) in [6.07, 6.45) is 1.77. The molecule has 0 bridgehead atoms. The Bertz CT molecular complexity index is 1190. The Morgan fingerprint density at radius 1 is 1.09 bits per heavy atom. The van der Waals surface area contributed by atoms with Crippen LogP contribution in [0.25, 0.3) is 6.08 Å². The molecule has 2 aromatic rings. The van der Waals surface area contributed by atoms with E-state index < -0.39 is 15.9 Å². The molecule has 0 saturated carbocycles. The summed E-state index contributed by atoms with van der Waals surface area (Å²) in [5.41, 5.74) is 1.26. The molecule has 166 valence electrons. The molecule has 3 rings (SSSR count). The Labute approximate surface area is 195 Å². The molecule has 2 aromatic carbocycles. The minimum atomic E-state index is -3.94. The molecule has 0 spiro atoms. The van der Waals surface area contributed by atoms with E-state index >= 15 is 0 Å². The normalized spacial score (nSPS) is 15.2. The number of thioether (sulfide) groups is 1. The standard InChI is InChI=1S/C21H19N3O5S3/c1-14(25)23-32(28,29)17-9-7-16(8-10-17)22-19(26)11-12-24-20(27)18(31-21(24)30)13-15-5-3-2-4-6-15/h2-10,13H,11-12H2,1H3,(H,22,26)(H,23,25). The van der Waals surface area contributed by atoms with Crippen molar-refractivity contribution in [1.29, 1.82) is 0 Å². The van der Waals surface area contributed by atoms with Crippen molar-refractivity contribution in [3.63, 3.8) is 0 Å². The summed E-state index contributed by atoms with van der Waals surface area (Å²) in [6.45, 7) is 1.22. The van der Waals surface area contributed by atoms with Gasteiger partial charge in [-0.1, -0.05) is 54.3 Å². The molecule has 3 amide bonds. The zero-order chi connectivity index (χ0) is 23.3. The van der Waals surface area contributed by atoms with Crippen molar-refractivity contribution in [1.82, 2.24) is 9.62 Å². The van der Waals surface area contributed by atoms with E-state index in [9.17, 15) is 22.8 Å². The Morgan fingerprint density at radius 2 is 1.75 bits per heavy atom. The maximum Gasteiger partial charge on any atom is 0.266 e. The summed E-state index contributed by atoms with van der Waals surface area (Å²) in [7, 11) is -3.94. The number of thiocarbonyl (C=S) groups is 1. The maximum absolute atomic E-state index is 12.6. The van der Waals surface area contributed by atoms with Gasteiger partial charge in [-0.25, -0.2) is 13.1 Å². The summed E-state index contributed by atoms with van der Waals surface area (Å²) < 4.78 is 26.2. The second kappa shape index (κ2) is 10.1. The van der Waals surface area contributed by atoms with Crippen molar-refractivity contribution in [2.24, 2.45) is 0 Å². The van der Waals surface area contributed by atoms with Crippen molar-refractivity contribution in [2.75, 3.05) is 11.9 Å². The first-order chi connectivity index (χ1) is 15.2. The van der Waals surface area contributed by atoms with Gasteiger partial charge in [0.25, 0.3) is 15.9 Å². The van der Waals surface area contributed by atoms with Crippen LogP contribution < -0.4 is 10.0 Å². The molecule has 1 fully saturated rings. The van der Waals surface area contributed by atoms with Crippen LogP contribution in [0.15, 0.2) is 64.4 Å². The number of sulfonamides is 1. The van der Waals surface area contributed by atoms with Crippen molar-refractivity contribution in [3.05, 3.63) is 65.1 Å². The van der Waals surface area contributed by atoms with Gasteiger partial charge in [0.05, 0.1) is 9.80 Å². The number of hydrogen-bond donors (Lipinski definition) is 2. The number of nitrogens with zero attached hydrogens (tertiary/aromatic N) is 1. The molecule has 0 atom stereocenters. The van der Waals surface area contributed by atoms with Gasteiger partial charge in [0, 0.05) is 25.6 Å². The van der Waals surface area contributed by atoms with E-state index in [1.165, 1.54) is 40.9 Å². The number of carbonyl (C=O) groups is 3. The lowest BCUT2D eigenvalue weighted by Gasteiger charge is -2.14. The predicted octanol–water partition coefficient (Wildman–Crippen LogP) is 2.74. The molecular formula is C21H19N3O5S3. The smallest absolute Gasteiger partial charge is 0.266 e. The highest BCUT2D eigenvalue weighted by atomic mass is 32.2. The van der Waals surface area contributed by atoms with Gasteiger partial charge in [-0.2, -0.15) is 0 Å². The maximum atomic E-state index is 12.6. The minimum absolute atomic E-state index is 0.0109. The van der Waals surface area contributed by atoms with Gasteiger partial charge in [0.2, 0.25) is 11.8 Å². The number of carbonyl (C=O) groups excluding carboxylic acids is 3. The van der Waals surface area contributed by atoms with E-state index in [2.05, 4.69) is 5.32 Å². The Kier molecular flexibility index (Phi) is 7.44. The highest BCUT2D eigenvalue weighted by Crippen LogP contribution is 2.32.